The van der Waals surface area contributed by atoms with E-state index in [1.807, 2.05) is 17.0 Å². The summed E-state index contributed by atoms with van der Waals surface area (Å²) in [6.45, 7) is 6.77. The van der Waals surface area contributed by atoms with Gasteiger partial charge in [0.2, 0.25) is 0 Å². The van der Waals surface area contributed by atoms with Gasteiger partial charge < -0.3 is 10.6 Å². The predicted octanol–water partition coefficient (Wildman–Crippen LogP) is 2.62. The Morgan fingerprint density at radius 3 is 2.63 bits per heavy atom. The molecule has 0 radical (unpaired) electrons. The van der Waals surface area contributed by atoms with E-state index in [1.165, 1.54) is 5.56 Å². The lowest BCUT2D eigenvalue weighted by molar-refractivity contribution is 0.0786. The van der Waals surface area contributed by atoms with Crippen molar-refractivity contribution in [2.24, 2.45) is 11.7 Å². The van der Waals surface area contributed by atoms with Crippen molar-refractivity contribution in [3.05, 3.63) is 35.4 Å². The SMILES string of the molecule is CC(C)c1ccc(C(=O)N2CCC(CCN)C2)cc1. The van der Waals surface area contributed by atoms with Crippen molar-refractivity contribution in [2.75, 3.05) is 19.6 Å². The molecule has 1 aromatic rings. The molecule has 3 heteroatoms. The summed E-state index contributed by atoms with van der Waals surface area (Å²) in [4.78, 5) is 14.3. The molecule has 0 saturated carbocycles. The van der Waals surface area contributed by atoms with Crippen molar-refractivity contribution in [1.82, 2.24) is 4.90 Å². The maximum Gasteiger partial charge on any atom is 0.253 e. The third kappa shape index (κ3) is 3.35. The van der Waals surface area contributed by atoms with Gasteiger partial charge in [-0.05, 0) is 48.9 Å². The second-order valence-corrected chi connectivity index (χ2v) is 5.76. The van der Waals surface area contributed by atoms with Gasteiger partial charge in [0.15, 0.2) is 0 Å². The third-order valence-electron chi connectivity index (χ3n) is 3.97. The van der Waals surface area contributed by atoms with Gasteiger partial charge in [-0.3, -0.25) is 4.79 Å². The molecule has 1 aromatic carbocycles. The number of carbonyl (C=O) groups excluding carboxylic acids is 1. The maximum absolute atomic E-state index is 12.4. The van der Waals surface area contributed by atoms with Crippen LogP contribution < -0.4 is 5.73 Å². The highest BCUT2D eigenvalue weighted by molar-refractivity contribution is 5.94. The first-order valence-corrected chi connectivity index (χ1v) is 7.21. The van der Waals surface area contributed by atoms with Crippen LogP contribution in [0.5, 0.6) is 0 Å². The number of nitrogens with zero attached hydrogens (tertiary/aromatic N) is 1. The van der Waals surface area contributed by atoms with Gasteiger partial charge in [0.25, 0.3) is 5.91 Å². The summed E-state index contributed by atoms with van der Waals surface area (Å²) in [6, 6.07) is 8.03. The van der Waals surface area contributed by atoms with Gasteiger partial charge in [0, 0.05) is 18.7 Å². The van der Waals surface area contributed by atoms with Crippen LogP contribution in [-0.2, 0) is 0 Å². The van der Waals surface area contributed by atoms with Crippen LogP contribution in [0.1, 0.15) is 48.5 Å². The highest BCUT2D eigenvalue weighted by Gasteiger charge is 2.26. The fraction of sp³-hybridized carbons (Fsp3) is 0.562. The Balaban J connectivity index is 2.00. The zero-order valence-corrected chi connectivity index (χ0v) is 11.9. The van der Waals surface area contributed by atoms with Crippen LogP contribution in [0.2, 0.25) is 0 Å². The number of hydrogen-bond donors (Lipinski definition) is 1. The summed E-state index contributed by atoms with van der Waals surface area (Å²) in [7, 11) is 0. The second-order valence-electron chi connectivity index (χ2n) is 5.76. The highest BCUT2D eigenvalue weighted by Crippen LogP contribution is 2.22. The molecule has 0 aliphatic carbocycles. The molecule has 19 heavy (non-hydrogen) atoms. The number of nitrogens with two attached hydrogens (primary N) is 1. The highest BCUT2D eigenvalue weighted by atomic mass is 16.2. The number of likely N-dealkylation sites (tertiary alicyclic amines) is 1. The zero-order chi connectivity index (χ0) is 13.8. The predicted molar refractivity (Wildman–Crippen MR) is 78.2 cm³/mol. The van der Waals surface area contributed by atoms with Gasteiger partial charge in [-0.25, -0.2) is 0 Å². The van der Waals surface area contributed by atoms with Crippen molar-refractivity contribution >= 4 is 5.91 Å². The second kappa shape index (κ2) is 6.20. The summed E-state index contributed by atoms with van der Waals surface area (Å²) >= 11 is 0. The molecule has 1 heterocycles. The Morgan fingerprint density at radius 2 is 2.05 bits per heavy atom. The van der Waals surface area contributed by atoms with Crippen molar-refractivity contribution < 1.29 is 4.79 Å². The molecule has 2 rings (SSSR count). The Morgan fingerprint density at radius 1 is 1.37 bits per heavy atom. The fourth-order valence-electron chi connectivity index (χ4n) is 2.68. The molecular weight excluding hydrogens is 236 g/mol. The molecule has 1 aliphatic rings. The largest absolute Gasteiger partial charge is 0.338 e. The average molecular weight is 260 g/mol. The first-order valence-electron chi connectivity index (χ1n) is 7.21. The fourth-order valence-corrected chi connectivity index (χ4v) is 2.68. The minimum atomic E-state index is 0.162. The molecule has 0 bridgehead atoms. The topological polar surface area (TPSA) is 46.3 Å². The summed E-state index contributed by atoms with van der Waals surface area (Å²) in [5.41, 5.74) is 7.66. The Kier molecular flexibility index (Phi) is 4.59. The van der Waals surface area contributed by atoms with Crippen LogP contribution in [0.3, 0.4) is 0 Å². The maximum atomic E-state index is 12.4. The zero-order valence-electron chi connectivity index (χ0n) is 11.9. The van der Waals surface area contributed by atoms with E-state index in [9.17, 15) is 4.79 Å². The van der Waals surface area contributed by atoms with E-state index in [2.05, 4.69) is 26.0 Å². The van der Waals surface area contributed by atoms with Crippen LogP contribution in [0.15, 0.2) is 24.3 Å². The Bertz CT molecular complexity index is 425. The number of carbonyl (C=O) groups is 1. The van der Waals surface area contributed by atoms with E-state index < -0.39 is 0 Å². The minimum Gasteiger partial charge on any atom is -0.338 e. The standard InChI is InChI=1S/C16H24N2O/c1-12(2)14-3-5-15(6-4-14)16(19)18-10-8-13(11-18)7-9-17/h3-6,12-13H,7-11,17H2,1-2H3. The molecule has 1 atom stereocenters. The molecule has 2 N–H and O–H groups in total. The van der Waals surface area contributed by atoms with Crippen molar-refractivity contribution in [3.8, 4) is 0 Å². The molecule has 1 saturated heterocycles. The van der Waals surface area contributed by atoms with Crippen LogP contribution in [0.4, 0.5) is 0 Å². The molecule has 104 valence electrons. The van der Waals surface area contributed by atoms with E-state index in [1.54, 1.807) is 0 Å². The molecule has 1 fully saturated rings. The monoisotopic (exact) mass is 260 g/mol. The van der Waals surface area contributed by atoms with Crippen LogP contribution in [0, 0.1) is 5.92 Å². The van der Waals surface area contributed by atoms with E-state index in [0.717, 1.165) is 38.0 Å². The van der Waals surface area contributed by atoms with E-state index in [4.69, 9.17) is 5.73 Å². The third-order valence-corrected chi connectivity index (χ3v) is 3.97. The molecule has 1 aliphatic heterocycles. The summed E-state index contributed by atoms with van der Waals surface area (Å²) in [5, 5.41) is 0. The summed E-state index contributed by atoms with van der Waals surface area (Å²) < 4.78 is 0. The molecule has 1 amide bonds. The lowest BCUT2D eigenvalue weighted by Gasteiger charge is -2.17. The molecule has 0 spiro atoms. The van der Waals surface area contributed by atoms with Crippen LogP contribution in [-0.4, -0.2) is 30.4 Å². The molecule has 3 nitrogen and oxygen atoms in total. The lowest BCUT2D eigenvalue weighted by atomic mass is 10.0. The smallest absolute Gasteiger partial charge is 0.253 e. The van der Waals surface area contributed by atoms with E-state index >= 15 is 0 Å². The van der Waals surface area contributed by atoms with Gasteiger partial charge in [0.1, 0.15) is 0 Å². The van der Waals surface area contributed by atoms with Crippen molar-refractivity contribution in [3.63, 3.8) is 0 Å². The van der Waals surface area contributed by atoms with Gasteiger partial charge in [-0.2, -0.15) is 0 Å². The van der Waals surface area contributed by atoms with E-state index in [0.29, 0.717) is 11.8 Å². The van der Waals surface area contributed by atoms with Crippen molar-refractivity contribution in [1.29, 1.82) is 0 Å². The van der Waals surface area contributed by atoms with Gasteiger partial charge in [-0.15, -0.1) is 0 Å². The average Bonchev–Trinajstić information content (AvgIpc) is 2.87. The quantitative estimate of drug-likeness (QED) is 0.904. The van der Waals surface area contributed by atoms with Crippen LogP contribution >= 0.6 is 0 Å². The van der Waals surface area contributed by atoms with Crippen LogP contribution in [0.25, 0.3) is 0 Å². The summed E-state index contributed by atoms with van der Waals surface area (Å²) in [5.74, 6) is 1.25. The van der Waals surface area contributed by atoms with E-state index in [-0.39, 0.29) is 5.91 Å². The first-order chi connectivity index (χ1) is 9.11. The number of amides is 1. The van der Waals surface area contributed by atoms with Gasteiger partial charge in [0.05, 0.1) is 0 Å². The summed E-state index contributed by atoms with van der Waals surface area (Å²) in [6.07, 6.45) is 2.11. The minimum absolute atomic E-state index is 0.162. The molecule has 0 aromatic heterocycles. The van der Waals surface area contributed by atoms with Gasteiger partial charge in [-0.1, -0.05) is 26.0 Å². The van der Waals surface area contributed by atoms with Gasteiger partial charge >= 0.3 is 0 Å². The normalized spacial score (nSPS) is 19.2. The Labute approximate surface area is 115 Å². The first kappa shape index (κ1) is 14.1. The molecule has 1 unspecified atom stereocenters. The lowest BCUT2D eigenvalue weighted by Crippen LogP contribution is -2.28. The van der Waals surface area contributed by atoms with Crippen molar-refractivity contribution in [2.45, 2.75) is 32.6 Å². The molecular formula is C16H24N2O. The number of rotatable bonds is 4. The Hall–Kier alpha value is -1.35. The number of benzene rings is 1. The number of hydrogen-bond acceptors (Lipinski definition) is 2.